The molecule has 2 rings (SSSR count). The van der Waals surface area contributed by atoms with E-state index in [1.165, 1.54) is 31.2 Å². The van der Waals surface area contributed by atoms with Crippen LogP contribution in [0.25, 0.3) is 0 Å². The minimum atomic E-state index is -4.52. The summed E-state index contributed by atoms with van der Waals surface area (Å²) in [4.78, 5) is 10.7. The maximum atomic E-state index is 12.8. The molecule has 0 spiro atoms. The first-order chi connectivity index (χ1) is 9.79. The number of aryl methyl sites for hydroxylation is 1. The highest BCUT2D eigenvalue weighted by molar-refractivity contribution is 5.84. The molecule has 112 valence electrons. The summed E-state index contributed by atoms with van der Waals surface area (Å²) in [5.41, 5.74) is -0.506. The van der Waals surface area contributed by atoms with Gasteiger partial charge in [0.1, 0.15) is 18.1 Å². The van der Waals surface area contributed by atoms with Crippen LogP contribution in [0.3, 0.4) is 0 Å². The number of aromatic carboxylic acids is 1. The summed E-state index contributed by atoms with van der Waals surface area (Å²) < 4.78 is 48.5. The monoisotopic (exact) mass is 300 g/mol. The molecule has 0 bridgehead atoms. The average Bonchev–Trinajstić information content (AvgIpc) is 2.77. The lowest BCUT2D eigenvalue weighted by molar-refractivity contribution is -0.139. The Bertz CT molecular complexity index is 658. The first kappa shape index (κ1) is 15.0. The molecular weight excluding hydrogens is 289 g/mol. The Morgan fingerprint density at radius 1 is 1.33 bits per heavy atom. The molecule has 1 aromatic carbocycles. The van der Waals surface area contributed by atoms with Gasteiger partial charge in [0, 0.05) is 5.56 Å². The van der Waals surface area contributed by atoms with Crippen LogP contribution in [-0.4, -0.2) is 11.1 Å². The smallest absolute Gasteiger partial charge is 0.419 e. The van der Waals surface area contributed by atoms with Gasteiger partial charge in [0.25, 0.3) is 0 Å². The SMILES string of the molecule is Cc1oc(C(=O)O)cc1COc1ccccc1C(F)(F)F. The predicted molar refractivity (Wildman–Crippen MR) is 66.2 cm³/mol. The van der Waals surface area contributed by atoms with Crippen LogP contribution in [0, 0.1) is 6.92 Å². The second kappa shape index (κ2) is 5.51. The summed E-state index contributed by atoms with van der Waals surface area (Å²) in [6.45, 7) is 1.30. The van der Waals surface area contributed by atoms with Crippen LogP contribution >= 0.6 is 0 Å². The Morgan fingerprint density at radius 3 is 2.57 bits per heavy atom. The molecule has 21 heavy (non-hydrogen) atoms. The Kier molecular flexibility index (Phi) is 3.93. The van der Waals surface area contributed by atoms with Crippen molar-refractivity contribution in [2.45, 2.75) is 19.7 Å². The van der Waals surface area contributed by atoms with E-state index in [1.54, 1.807) is 0 Å². The lowest BCUT2D eigenvalue weighted by atomic mass is 10.2. The number of hydrogen-bond donors (Lipinski definition) is 1. The third-order valence-corrected chi connectivity index (χ3v) is 2.81. The number of ether oxygens (including phenoxy) is 1. The van der Waals surface area contributed by atoms with E-state index < -0.39 is 17.7 Å². The Morgan fingerprint density at radius 2 is 2.00 bits per heavy atom. The molecule has 2 aromatic rings. The molecule has 7 heteroatoms. The predicted octanol–water partition coefficient (Wildman–Crippen LogP) is 3.88. The van der Waals surface area contributed by atoms with E-state index >= 15 is 0 Å². The number of benzene rings is 1. The van der Waals surface area contributed by atoms with Crippen LogP contribution < -0.4 is 4.74 Å². The van der Waals surface area contributed by atoms with Crippen LogP contribution in [0.5, 0.6) is 5.75 Å². The van der Waals surface area contributed by atoms with E-state index in [9.17, 15) is 18.0 Å². The summed E-state index contributed by atoms with van der Waals surface area (Å²) in [5.74, 6) is -1.56. The Hall–Kier alpha value is -2.44. The number of hydrogen-bond acceptors (Lipinski definition) is 3. The maximum Gasteiger partial charge on any atom is 0.419 e. The first-order valence-corrected chi connectivity index (χ1v) is 5.90. The van der Waals surface area contributed by atoms with Crippen molar-refractivity contribution in [2.24, 2.45) is 0 Å². The molecule has 0 saturated carbocycles. The quantitative estimate of drug-likeness (QED) is 0.930. The molecule has 1 N–H and O–H groups in total. The number of rotatable bonds is 4. The number of carboxylic acid groups (broad SMARTS) is 1. The first-order valence-electron chi connectivity index (χ1n) is 5.90. The van der Waals surface area contributed by atoms with Crippen molar-refractivity contribution in [3.05, 3.63) is 53.0 Å². The highest BCUT2D eigenvalue weighted by Crippen LogP contribution is 2.36. The second-order valence-electron chi connectivity index (χ2n) is 4.28. The summed E-state index contributed by atoms with van der Waals surface area (Å²) in [7, 11) is 0. The van der Waals surface area contributed by atoms with Gasteiger partial charge in [-0.1, -0.05) is 12.1 Å². The van der Waals surface area contributed by atoms with Gasteiger partial charge in [-0.15, -0.1) is 0 Å². The van der Waals surface area contributed by atoms with E-state index in [4.69, 9.17) is 14.3 Å². The molecule has 1 heterocycles. The highest BCUT2D eigenvalue weighted by Gasteiger charge is 2.34. The normalized spacial score (nSPS) is 11.4. The van der Waals surface area contributed by atoms with Crippen molar-refractivity contribution >= 4 is 5.97 Å². The number of carbonyl (C=O) groups is 1. The van der Waals surface area contributed by atoms with E-state index in [-0.39, 0.29) is 23.9 Å². The van der Waals surface area contributed by atoms with Gasteiger partial charge in [-0.25, -0.2) is 4.79 Å². The zero-order valence-corrected chi connectivity index (χ0v) is 10.9. The lowest BCUT2D eigenvalue weighted by Crippen LogP contribution is -2.08. The van der Waals surface area contributed by atoms with Crippen molar-refractivity contribution < 1.29 is 32.2 Å². The van der Waals surface area contributed by atoms with Crippen molar-refractivity contribution in [3.63, 3.8) is 0 Å². The summed E-state index contributed by atoms with van der Waals surface area (Å²) in [5, 5.41) is 8.78. The summed E-state index contributed by atoms with van der Waals surface area (Å²) in [6.07, 6.45) is -4.52. The van der Waals surface area contributed by atoms with Gasteiger partial charge in [-0.3, -0.25) is 0 Å². The summed E-state index contributed by atoms with van der Waals surface area (Å²) >= 11 is 0. The molecule has 0 amide bonds. The third-order valence-electron chi connectivity index (χ3n) is 2.81. The largest absolute Gasteiger partial charge is 0.488 e. The van der Waals surface area contributed by atoms with Gasteiger partial charge in [0.15, 0.2) is 0 Å². The molecule has 0 fully saturated rings. The summed E-state index contributed by atoms with van der Waals surface area (Å²) in [6, 6.07) is 6.04. The molecule has 0 aliphatic heterocycles. The average molecular weight is 300 g/mol. The van der Waals surface area contributed by atoms with Crippen LogP contribution in [0.15, 0.2) is 34.7 Å². The molecular formula is C14H11F3O4. The number of furan rings is 1. The number of para-hydroxylation sites is 1. The van der Waals surface area contributed by atoms with E-state index in [0.717, 1.165) is 6.07 Å². The fourth-order valence-electron chi connectivity index (χ4n) is 1.75. The minimum absolute atomic E-state index is 0.213. The maximum absolute atomic E-state index is 12.8. The van der Waals surface area contributed by atoms with Gasteiger partial charge >= 0.3 is 12.1 Å². The fourth-order valence-corrected chi connectivity index (χ4v) is 1.75. The Labute approximate surface area is 117 Å². The Balaban J connectivity index is 2.19. The van der Waals surface area contributed by atoms with E-state index in [2.05, 4.69) is 0 Å². The molecule has 4 nitrogen and oxygen atoms in total. The van der Waals surface area contributed by atoms with Crippen molar-refractivity contribution in [3.8, 4) is 5.75 Å². The molecule has 1 aromatic heterocycles. The van der Waals surface area contributed by atoms with Gasteiger partial charge in [-0.05, 0) is 25.1 Å². The second-order valence-corrected chi connectivity index (χ2v) is 4.28. The topological polar surface area (TPSA) is 59.7 Å². The van der Waals surface area contributed by atoms with Gasteiger partial charge in [-0.2, -0.15) is 13.2 Å². The van der Waals surface area contributed by atoms with Crippen molar-refractivity contribution in [2.75, 3.05) is 0 Å². The van der Waals surface area contributed by atoms with Crippen molar-refractivity contribution in [1.82, 2.24) is 0 Å². The number of alkyl halides is 3. The van der Waals surface area contributed by atoms with Crippen LogP contribution in [0.2, 0.25) is 0 Å². The number of halogens is 3. The molecule has 0 unspecified atom stereocenters. The molecule has 0 saturated heterocycles. The lowest BCUT2D eigenvalue weighted by Gasteiger charge is -2.13. The van der Waals surface area contributed by atoms with Gasteiger partial charge in [0.2, 0.25) is 5.76 Å². The van der Waals surface area contributed by atoms with Crippen molar-refractivity contribution in [1.29, 1.82) is 0 Å². The van der Waals surface area contributed by atoms with Crippen LogP contribution in [-0.2, 0) is 12.8 Å². The third kappa shape index (κ3) is 3.36. The fraction of sp³-hybridized carbons (Fsp3) is 0.214. The van der Waals surface area contributed by atoms with E-state index in [0.29, 0.717) is 5.56 Å². The molecule has 0 aliphatic carbocycles. The van der Waals surface area contributed by atoms with Gasteiger partial charge in [0.05, 0.1) is 5.56 Å². The highest BCUT2D eigenvalue weighted by atomic mass is 19.4. The number of carboxylic acids is 1. The molecule has 0 radical (unpaired) electrons. The van der Waals surface area contributed by atoms with E-state index in [1.807, 2.05) is 0 Å². The minimum Gasteiger partial charge on any atom is -0.488 e. The van der Waals surface area contributed by atoms with Crippen LogP contribution in [0.1, 0.15) is 27.4 Å². The standard InChI is InChI=1S/C14H11F3O4/c1-8-9(6-12(21-8)13(18)19)7-20-11-5-3-2-4-10(11)14(15,16)17/h2-6H,7H2,1H3,(H,18,19). The zero-order chi connectivity index (χ0) is 15.6. The zero-order valence-electron chi connectivity index (χ0n) is 10.9. The molecule has 0 atom stereocenters. The van der Waals surface area contributed by atoms with Gasteiger partial charge < -0.3 is 14.3 Å². The molecule has 0 aliphatic rings. The van der Waals surface area contributed by atoms with Crippen LogP contribution in [0.4, 0.5) is 13.2 Å².